The van der Waals surface area contributed by atoms with Crippen LogP contribution < -0.4 is 5.56 Å². The summed E-state index contributed by atoms with van der Waals surface area (Å²) in [7, 11) is 0. The number of nitrogens with one attached hydrogen (secondary N) is 1. The number of carboxylic acid groups (broad SMARTS) is 1. The van der Waals surface area contributed by atoms with Gasteiger partial charge in [-0.15, -0.1) is 0 Å². The number of nitrogens with zero attached hydrogens (tertiary/aromatic N) is 2. The second kappa shape index (κ2) is 4.95. The van der Waals surface area contributed by atoms with Gasteiger partial charge in [0.05, 0.1) is 10.9 Å². The minimum atomic E-state index is -1.03. The topological polar surface area (TPSA) is 108 Å². The van der Waals surface area contributed by atoms with Gasteiger partial charge in [0.2, 0.25) is 5.88 Å². The second-order valence-corrected chi connectivity index (χ2v) is 5.31. The summed E-state index contributed by atoms with van der Waals surface area (Å²) in [6.07, 6.45) is 0. The number of hydrogen-bond donors (Lipinski definition) is 3. The number of aromatic hydroxyl groups is 1. The average molecular weight is 321 g/mol. The van der Waals surface area contributed by atoms with Gasteiger partial charge in [-0.05, 0) is 18.2 Å². The van der Waals surface area contributed by atoms with Gasteiger partial charge in [0.25, 0.3) is 5.56 Å². The third-order valence-corrected chi connectivity index (χ3v) is 3.89. The predicted octanol–water partition coefficient (Wildman–Crippen LogP) is 2.25. The van der Waals surface area contributed by atoms with Gasteiger partial charge < -0.3 is 10.2 Å². The Balaban J connectivity index is 2.04. The molecule has 7 nitrogen and oxygen atoms in total. The number of hydrogen-bond acceptors (Lipinski definition) is 4. The summed E-state index contributed by atoms with van der Waals surface area (Å²) in [4.78, 5) is 27.3. The van der Waals surface area contributed by atoms with E-state index in [2.05, 4.69) is 10.1 Å². The van der Waals surface area contributed by atoms with Crippen molar-refractivity contribution in [2.75, 3.05) is 0 Å². The number of carboxylic acids is 1. The number of fused-ring (bicyclic) bond motifs is 3. The van der Waals surface area contributed by atoms with E-state index in [1.165, 1.54) is 16.6 Å². The monoisotopic (exact) mass is 321 g/mol. The average Bonchev–Trinajstić information content (AvgIpc) is 2.92. The highest BCUT2D eigenvalue weighted by Gasteiger charge is 2.17. The lowest BCUT2D eigenvalue weighted by Crippen LogP contribution is -2.12. The van der Waals surface area contributed by atoms with Gasteiger partial charge in [-0.25, -0.2) is 9.31 Å². The van der Waals surface area contributed by atoms with E-state index in [1.807, 2.05) is 0 Å². The van der Waals surface area contributed by atoms with E-state index in [-0.39, 0.29) is 17.0 Å². The van der Waals surface area contributed by atoms with Crippen LogP contribution in [0.2, 0.25) is 0 Å². The SMILES string of the molecule is O=C(O)c1ccc(-c2nc(O)c3c4ccccc4c(=O)[nH]n23)cc1. The highest BCUT2D eigenvalue weighted by molar-refractivity contribution is 5.98. The van der Waals surface area contributed by atoms with E-state index in [0.717, 1.165) is 0 Å². The molecule has 24 heavy (non-hydrogen) atoms. The number of H-pyrrole nitrogens is 1. The number of benzene rings is 2. The molecule has 0 saturated heterocycles. The Kier molecular flexibility index (Phi) is 2.89. The number of aromatic nitrogens is 3. The third-order valence-electron chi connectivity index (χ3n) is 3.89. The molecule has 0 saturated carbocycles. The molecule has 0 unspecified atom stereocenters. The van der Waals surface area contributed by atoms with E-state index >= 15 is 0 Å². The summed E-state index contributed by atoms with van der Waals surface area (Å²) >= 11 is 0. The zero-order chi connectivity index (χ0) is 16.8. The van der Waals surface area contributed by atoms with Crippen LogP contribution >= 0.6 is 0 Å². The van der Waals surface area contributed by atoms with E-state index < -0.39 is 5.97 Å². The van der Waals surface area contributed by atoms with Gasteiger partial charge in [-0.3, -0.25) is 9.89 Å². The van der Waals surface area contributed by atoms with Crippen molar-refractivity contribution in [1.82, 2.24) is 14.6 Å². The van der Waals surface area contributed by atoms with E-state index in [9.17, 15) is 14.7 Å². The molecule has 0 aliphatic carbocycles. The molecule has 2 heterocycles. The lowest BCUT2D eigenvalue weighted by atomic mass is 10.1. The number of aromatic carboxylic acids is 1. The molecular weight excluding hydrogens is 310 g/mol. The van der Waals surface area contributed by atoms with Gasteiger partial charge in [0.1, 0.15) is 5.52 Å². The molecule has 118 valence electrons. The summed E-state index contributed by atoms with van der Waals surface area (Å²) in [5, 5.41) is 22.9. The lowest BCUT2D eigenvalue weighted by Gasteiger charge is -2.04. The first kappa shape index (κ1) is 14.0. The number of imidazole rings is 1. The van der Waals surface area contributed by atoms with Crippen LogP contribution in [-0.2, 0) is 0 Å². The van der Waals surface area contributed by atoms with Gasteiger partial charge in [0, 0.05) is 10.9 Å². The molecule has 4 aromatic rings. The van der Waals surface area contributed by atoms with Crippen LogP contribution in [0.4, 0.5) is 0 Å². The van der Waals surface area contributed by atoms with Crippen molar-refractivity contribution in [3.8, 4) is 17.3 Å². The molecule has 0 amide bonds. The summed E-state index contributed by atoms with van der Waals surface area (Å²) < 4.78 is 1.41. The largest absolute Gasteiger partial charge is 0.492 e. The smallest absolute Gasteiger partial charge is 0.335 e. The fraction of sp³-hybridized carbons (Fsp3) is 0. The Morgan fingerprint density at radius 1 is 1.04 bits per heavy atom. The van der Waals surface area contributed by atoms with Gasteiger partial charge in [-0.2, -0.15) is 4.98 Å². The Hall–Kier alpha value is -3.61. The molecule has 0 atom stereocenters. The molecule has 2 aromatic carbocycles. The number of rotatable bonds is 2. The summed E-state index contributed by atoms with van der Waals surface area (Å²) in [5.74, 6) is -0.918. The molecule has 3 N–H and O–H groups in total. The van der Waals surface area contributed by atoms with Crippen LogP contribution in [0.25, 0.3) is 27.7 Å². The van der Waals surface area contributed by atoms with Crippen molar-refractivity contribution in [3.63, 3.8) is 0 Å². The van der Waals surface area contributed by atoms with Gasteiger partial charge >= 0.3 is 5.97 Å². The molecule has 7 heteroatoms. The van der Waals surface area contributed by atoms with Crippen LogP contribution in [0, 0.1) is 0 Å². The molecule has 2 aromatic heterocycles. The minimum Gasteiger partial charge on any atom is -0.492 e. The Labute approximate surface area is 134 Å². The van der Waals surface area contributed by atoms with Crippen molar-refractivity contribution in [3.05, 3.63) is 64.4 Å². The quantitative estimate of drug-likeness (QED) is 0.525. The van der Waals surface area contributed by atoms with Crippen LogP contribution in [0.3, 0.4) is 0 Å². The zero-order valence-corrected chi connectivity index (χ0v) is 12.2. The molecular formula is C17H11N3O4. The van der Waals surface area contributed by atoms with Crippen LogP contribution in [0.15, 0.2) is 53.3 Å². The Morgan fingerprint density at radius 2 is 1.71 bits per heavy atom. The van der Waals surface area contributed by atoms with E-state index in [1.54, 1.807) is 36.4 Å². The fourth-order valence-electron chi connectivity index (χ4n) is 2.76. The molecule has 4 rings (SSSR count). The molecule has 0 radical (unpaired) electrons. The minimum absolute atomic E-state index is 0.141. The standard InChI is InChI=1S/C17H11N3O4/c21-15-12-4-2-1-3-11(12)13-16(22)18-14(20(13)19-15)9-5-7-10(8-6-9)17(23)24/h1-8,22H,(H,19,21)(H,23,24). The predicted molar refractivity (Wildman–Crippen MR) is 87.4 cm³/mol. The van der Waals surface area contributed by atoms with E-state index in [0.29, 0.717) is 27.7 Å². The third kappa shape index (κ3) is 1.95. The maximum absolute atomic E-state index is 12.3. The summed E-state index contributed by atoms with van der Waals surface area (Å²) in [6.45, 7) is 0. The fourth-order valence-corrected chi connectivity index (χ4v) is 2.76. The second-order valence-electron chi connectivity index (χ2n) is 5.31. The summed E-state index contributed by atoms with van der Waals surface area (Å²) in [5.41, 5.74) is 0.797. The Bertz CT molecular complexity index is 1160. The first-order valence-corrected chi connectivity index (χ1v) is 7.12. The highest BCUT2D eigenvalue weighted by Crippen LogP contribution is 2.29. The first-order chi connectivity index (χ1) is 11.6. The molecule has 0 spiro atoms. The first-order valence-electron chi connectivity index (χ1n) is 7.12. The molecule has 0 bridgehead atoms. The maximum atomic E-state index is 12.3. The van der Waals surface area contributed by atoms with Crippen LogP contribution in [0.1, 0.15) is 10.4 Å². The van der Waals surface area contributed by atoms with Gasteiger partial charge in [0.15, 0.2) is 5.82 Å². The lowest BCUT2D eigenvalue weighted by molar-refractivity contribution is 0.0697. The molecule has 0 fully saturated rings. The van der Waals surface area contributed by atoms with Crippen molar-refractivity contribution in [2.24, 2.45) is 0 Å². The van der Waals surface area contributed by atoms with Crippen LogP contribution in [-0.4, -0.2) is 30.8 Å². The summed E-state index contributed by atoms with van der Waals surface area (Å²) in [6, 6.07) is 12.9. The van der Waals surface area contributed by atoms with Gasteiger partial charge in [-0.1, -0.05) is 30.3 Å². The number of carbonyl (C=O) groups is 1. The van der Waals surface area contributed by atoms with E-state index in [4.69, 9.17) is 5.11 Å². The Morgan fingerprint density at radius 3 is 2.38 bits per heavy atom. The maximum Gasteiger partial charge on any atom is 0.335 e. The molecule has 0 aliphatic heterocycles. The highest BCUT2D eigenvalue weighted by atomic mass is 16.4. The van der Waals surface area contributed by atoms with Crippen molar-refractivity contribution in [1.29, 1.82) is 0 Å². The molecule has 0 aliphatic rings. The zero-order valence-electron chi connectivity index (χ0n) is 12.2. The normalized spacial score (nSPS) is 11.2. The number of aromatic amines is 1. The van der Waals surface area contributed by atoms with Crippen LogP contribution in [0.5, 0.6) is 5.88 Å². The van der Waals surface area contributed by atoms with Crippen molar-refractivity contribution in [2.45, 2.75) is 0 Å². The van der Waals surface area contributed by atoms with Crippen molar-refractivity contribution < 1.29 is 15.0 Å². The van der Waals surface area contributed by atoms with Crippen molar-refractivity contribution >= 4 is 22.3 Å².